The quantitative estimate of drug-likeness (QED) is 0.754. The number of nitrogens with one attached hydrogen (secondary N) is 2. The van der Waals surface area contributed by atoms with Crippen molar-refractivity contribution in [2.24, 2.45) is 0 Å². The second-order valence-corrected chi connectivity index (χ2v) is 7.27. The van der Waals surface area contributed by atoms with Gasteiger partial charge in [0.1, 0.15) is 0 Å². The van der Waals surface area contributed by atoms with Crippen molar-refractivity contribution < 1.29 is 4.79 Å². The Morgan fingerprint density at radius 1 is 1.11 bits per heavy atom. The second kappa shape index (κ2) is 6.20. The van der Waals surface area contributed by atoms with Crippen molar-refractivity contribution in [3.8, 4) is 0 Å². The molecule has 0 saturated heterocycles. The van der Waals surface area contributed by atoms with Crippen LogP contribution in [0, 0.1) is 0 Å². The number of hydrogen-bond acceptors (Lipinski definition) is 3. The van der Waals surface area contributed by atoms with Crippen molar-refractivity contribution in [3.05, 3.63) is 89.0 Å². The fourth-order valence-electron chi connectivity index (χ4n) is 3.80. The van der Waals surface area contributed by atoms with Gasteiger partial charge in [-0.3, -0.25) is 14.9 Å². The highest BCUT2D eigenvalue weighted by Crippen LogP contribution is 2.40. The lowest BCUT2D eigenvalue weighted by Crippen LogP contribution is -2.32. The van der Waals surface area contributed by atoms with Crippen molar-refractivity contribution in [2.45, 2.75) is 30.7 Å². The summed E-state index contributed by atoms with van der Waals surface area (Å²) in [6.07, 6.45) is 8.81. The molecule has 1 aromatic carbocycles. The van der Waals surface area contributed by atoms with Crippen LogP contribution in [-0.4, -0.2) is 27.1 Å². The number of aromatic nitrogens is 3. The number of carbonyl (C=O) groups excluding carboxylic acids is 1. The first-order valence-corrected chi connectivity index (χ1v) is 9.31. The number of rotatable bonds is 4. The van der Waals surface area contributed by atoms with Crippen LogP contribution in [0.2, 0.25) is 0 Å². The van der Waals surface area contributed by atoms with Crippen molar-refractivity contribution in [3.63, 3.8) is 0 Å². The number of H-pyrrole nitrogens is 1. The lowest BCUT2D eigenvalue weighted by Gasteiger charge is -2.33. The van der Waals surface area contributed by atoms with Crippen LogP contribution in [0.3, 0.4) is 0 Å². The van der Waals surface area contributed by atoms with E-state index < -0.39 is 0 Å². The molecule has 0 spiro atoms. The molecule has 1 unspecified atom stereocenters. The summed E-state index contributed by atoms with van der Waals surface area (Å²) in [5.74, 6) is -0.0929. The Bertz CT molecular complexity index is 964. The van der Waals surface area contributed by atoms with Crippen LogP contribution in [-0.2, 0) is 11.8 Å². The molecule has 2 N–H and O–H groups in total. The average molecular weight is 356 g/mol. The van der Waals surface area contributed by atoms with E-state index >= 15 is 0 Å². The highest BCUT2D eigenvalue weighted by molar-refractivity contribution is 5.97. The molecule has 134 valence electrons. The molecule has 2 heterocycles. The van der Waals surface area contributed by atoms with E-state index in [1.807, 2.05) is 42.6 Å². The van der Waals surface area contributed by atoms with Gasteiger partial charge in [-0.1, -0.05) is 48.6 Å². The summed E-state index contributed by atoms with van der Waals surface area (Å²) in [5.41, 5.74) is 4.10. The average Bonchev–Trinajstić information content (AvgIpc) is 3.44. The van der Waals surface area contributed by atoms with Crippen LogP contribution in [0.15, 0.2) is 60.8 Å². The highest BCUT2D eigenvalue weighted by atomic mass is 16.2. The summed E-state index contributed by atoms with van der Waals surface area (Å²) in [6, 6.07) is 16.7. The SMILES string of the molecule is O=C(NC1CC1)c1n[nH]c2c1C=CC(c1ccccc1)(c1ccccn1)C2. The van der Waals surface area contributed by atoms with Gasteiger partial charge in [-0.05, 0) is 30.5 Å². The topological polar surface area (TPSA) is 70.7 Å². The molecule has 2 aliphatic carbocycles. The molecule has 27 heavy (non-hydrogen) atoms. The van der Waals surface area contributed by atoms with Gasteiger partial charge in [0.05, 0.1) is 11.1 Å². The van der Waals surface area contributed by atoms with Gasteiger partial charge in [0.25, 0.3) is 5.91 Å². The fraction of sp³-hybridized carbons (Fsp3) is 0.227. The monoisotopic (exact) mass is 356 g/mol. The van der Waals surface area contributed by atoms with Gasteiger partial charge < -0.3 is 5.32 Å². The number of carbonyl (C=O) groups is 1. The predicted octanol–water partition coefficient (Wildman–Crippen LogP) is 3.25. The molecule has 1 saturated carbocycles. The standard InChI is InChI=1S/C22H20N4O/c27-21(24-16-9-10-16)20-17-11-12-22(14-18(17)25-26-20,15-6-2-1-3-7-15)19-8-4-5-13-23-19/h1-8,11-13,16H,9-10,14H2,(H,24,27)(H,25,26). The number of fused-ring (bicyclic) bond motifs is 1. The summed E-state index contributed by atoms with van der Waals surface area (Å²) in [5, 5.41) is 10.5. The summed E-state index contributed by atoms with van der Waals surface area (Å²) >= 11 is 0. The van der Waals surface area contributed by atoms with E-state index in [2.05, 4.69) is 44.8 Å². The van der Waals surface area contributed by atoms with Crippen LogP contribution in [0.1, 0.15) is 45.8 Å². The van der Waals surface area contributed by atoms with Crippen molar-refractivity contribution >= 4 is 12.0 Å². The Morgan fingerprint density at radius 2 is 1.93 bits per heavy atom. The van der Waals surface area contributed by atoms with Crippen LogP contribution in [0.4, 0.5) is 0 Å². The van der Waals surface area contributed by atoms with Gasteiger partial charge in [0.2, 0.25) is 0 Å². The molecule has 3 aromatic rings. The number of amides is 1. The zero-order chi connectivity index (χ0) is 18.3. The Kier molecular flexibility index (Phi) is 3.67. The molecule has 5 nitrogen and oxygen atoms in total. The molecule has 2 aliphatic rings. The third kappa shape index (κ3) is 2.76. The third-order valence-electron chi connectivity index (χ3n) is 5.41. The van der Waals surface area contributed by atoms with Crippen molar-refractivity contribution in [1.82, 2.24) is 20.5 Å². The maximum atomic E-state index is 12.5. The van der Waals surface area contributed by atoms with Gasteiger partial charge >= 0.3 is 0 Å². The van der Waals surface area contributed by atoms with Gasteiger partial charge in [-0.2, -0.15) is 5.10 Å². The third-order valence-corrected chi connectivity index (χ3v) is 5.41. The predicted molar refractivity (Wildman–Crippen MR) is 103 cm³/mol. The van der Waals surface area contributed by atoms with Crippen LogP contribution in [0.25, 0.3) is 6.08 Å². The molecular weight excluding hydrogens is 336 g/mol. The smallest absolute Gasteiger partial charge is 0.272 e. The molecule has 2 aromatic heterocycles. The summed E-state index contributed by atoms with van der Waals surface area (Å²) in [4.78, 5) is 17.1. The largest absolute Gasteiger partial charge is 0.348 e. The first-order valence-electron chi connectivity index (χ1n) is 9.31. The van der Waals surface area contributed by atoms with E-state index in [-0.39, 0.29) is 11.3 Å². The Labute approximate surface area is 157 Å². The molecule has 0 bridgehead atoms. The zero-order valence-electron chi connectivity index (χ0n) is 14.9. The Balaban J connectivity index is 1.58. The number of aromatic amines is 1. The van der Waals surface area contributed by atoms with Gasteiger partial charge in [-0.15, -0.1) is 0 Å². The number of allylic oxidation sites excluding steroid dienone is 1. The van der Waals surface area contributed by atoms with Crippen molar-refractivity contribution in [2.75, 3.05) is 0 Å². The second-order valence-electron chi connectivity index (χ2n) is 7.27. The van der Waals surface area contributed by atoms with Crippen LogP contribution < -0.4 is 5.32 Å². The highest BCUT2D eigenvalue weighted by Gasteiger charge is 2.38. The van der Waals surface area contributed by atoms with E-state index in [1.54, 1.807) is 0 Å². The van der Waals surface area contributed by atoms with E-state index in [0.717, 1.165) is 29.8 Å². The normalized spacial score (nSPS) is 20.9. The Hall–Kier alpha value is -3.21. The minimum atomic E-state index is -0.383. The molecule has 5 rings (SSSR count). The van der Waals surface area contributed by atoms with E-state index in [9.17, 15) is 4.79 Å². The number of hydrogen-bond donors (Lipinski definition) is 2. The zero-order valence-corrected chi connectivity index (χ0v) is 14.9. The van der Waals surface area contributed by atoms with Crippen LogP contribution >= 0.6 is 0 Å². The molecular formula is C22H20N4O. The number of benzene rings is 1. The molecule has 1 fully saturated rings. The van der Waals surface area contributed by atoms with Gasteiger partial charge in [-0.25, -0.2) is 0 Å². The Morgan fingerprint density at radius 3 is 2.67 bits per heavy atom. The molecule has 1 amide bonds. The lowest BCUT2D eigenvalue weighted by atomic mass is 9.70. The molecule has 5 heteroatoms. The first kappa shape index (κ1) is 16.0. The summed E-state index contributed by atoms with van der Waals surface area (Å²) in [7, 11) is 0. The van der Waals surface area contributed by atoms with E-state index in [0.29, 0.717) is 18.2 Å². The molecule has 0 radical (unpaired) electrons. The molecule has 0 aliphatic heterocycles. The number of pyridine rings is 1. The maximum Gasteiger partial charge on any atom is 0.272 e. The van der Waals surface area contributed by atoms with Gasteiger partial charge in [0, 0.05) is 29.9 Å². The fourth-order valence-corrected chi connectivity index (χ4v) is 3.80. The summed E-state index contributed by atoms with van der Waals surface area (Å²) in [6.45, 7) is 0. The van der Waals surface area contributed by atoms with Crippen LogP contribution in [0.5, 0.6) is 0 Å². The minimum absolute atomic E-state index is 0.0929. The lowest BCUT2D eigenvalue weighted by molar-refractivity contribution is 0.0946. The minimum Gasteiger partial charge on any atom is -0.348 e. The van der Waals surface area contributed by atoms with E-state index in [1.165, 1.54) is 5.56 Å². The molecule has 1 atom stereocenters. The first-order chi connectivity index (χ1) is 13.3. The number of nitrogens with zero attached hydrogens (tertiary/aromatic N) is 2. The van der Waals surface area contributed by atoms with Gasteiger partial charge in [0.15, 0.2) is 5.69 Å². The summed E-state index contributed by atoms with van der Waals surface area (Å²) < 4.78 is 0. The van der Waals surface area contributed by atoms with Crippen molar-refractivity contribution in [1.29, 1.82) is 0 Å². The maximum absolute atomic E-state index is 12.5. The van der Waals surface area contributed by atoms with E-state index in [4.69, 9.17) is 0 Å².